The van der Waals surface area contributed by atoms with Gasteiger partial charge in [-0.1, -0.05) is 59.8 Å². The molecule has 1 aromatic heterocycles. The Morgan fingerprint density at radius 2 is 1.86 bits per heavy atom. The summed E-state index contributed by atoms with van der Waals surface area (Å²) < 4.78 is 14.1. The van der Waals surface area contributed by atoms with E-state index in [0.717, 1.165) is 11.3 Å². The van der Waals surface area contributed by atoms with E-state index >= 15 is 0 Å². The highest BCUT2D eigenvalue weighted by Gasteiger charge is 2.26. The van der Waals surface area contributed by atoms with Gasteiger partial charge in [0.1, 0.15) is 17.7 Å². The van der Waals surface area contributed by atoms with Crippen LogP contribution in [0.25, 0.3) is 5.69 Å². The molecule has 0 aliphatic carbocycles. The molecule has 0 spiro atoms. The summed E-state index contributed by atoms with van der Waals surface area (Å²) in [7, 11) is 1.53. The van der Waals surface area contributed by atoms with Crippen LogP contribution < -0.4 is 9.47 Å². The van der Waals surface area contributed by atoms with Gasteiger partial charge in [-0.25, -0.2) is 0 Å². The number of hydrogen-bond acceptors (Lipinski definition) is 7. The molecule has 0 N–H and O–H groups in total. The van der Waals surface area contributed by atoms with Crippen molar-refractivity contribution in [2.75, 3.05) is 13.7 Å². The van der Waals surface area contributed by atoms with Crippen LogP contribution in [-0.2, 0) is 6.61 Å². The Balaban J connectivity index is 1.65. The third kappa shape index (κ3) is 6.00. The van der Waals surface area contributed by atoms with Crippen LogP contribution in [0, 0.1) is 17.0 Å². The van der Waals surface area contributed by atoms with E-state index < -0.39 is 5.25 Å². The summed E-state index contributed by atoms with van der Waals surface area (Å²) in [6.07, 6.45) is 0. The maximum atomic E-state index is 11.6. The van der Waals surface area contributed by atoms with Gasteiger partial charge >= 0.3 is 0 Å². The number of halogens is 2. The van der Waals surface area contributed by atoms with Gasteiger partial charge in [-0.3, -0.25) is 14.7 Å². The molecule has 0 unspecified atom stereocenters. The standard InChI is InChI=1S/C25H22BrClN4O4S/c1-16-28-29-25(31(16)19-9-4-3-5-10-19)36-23(14-30(32)33)18-12-20(26)24(22(13-18)34-2)35-15-17-8-6-7-11-21(17)27/h3-13,23H,14-15H2,1-2H3/t23-/m1/s1. The second kappa shape index (κ2) is 11.8. The van der Waals surface area contributed by atoms with E-state index in [0.29, 0.717) is 37.5 Å². The number of ether oxygens (including phenoxy) is 2. The summed E-state index contributed by atoms with van der Waals surface area (Å²) in [5.74, 6) is 1.61. The Hall–Kier alpha value is -3.08. The van der Waals surface area contributed by atoms with Gasteiger partial charge in [0.2, 0.25) is 6.54 Å². The van der Waals surface area contributed by atoms with Crippen molar-refractivity contribution in [2.24, 2.45) is 0 Å². The van der Waals surface area contributed by atoms with Gasteiger partial charge in [0.05, 0.1) is 11.6 Å². The number of methoxy groups -OCH3 is 1. The molecule has 0 fully saturated rings. The predicted octanol–water partition coefficient (Wildman–Crippen LogP) is 6.69. The predicted molar refractivity (Wildman–Crippen MR) is 143 cm³/mol. The maximum absolute atomic E-state index is 11.6. The number of para-hydroxylation sites is 1. The fourth-order valence-electron chi connectivity index (χ4n) is 3.60. The van der Waals surface area contributed by atoms with Crippen molar-refractivity contribution in [2.45, 2.75) is 23.9 Å². The van der Waals surface area contributed by atoms with Crippen LogP contribution in [0.2, 0.25) is 5.02 Å². The smallest absolute Gasteiger partial charge is 0.220 e. The molecule has 4 aromatic rings. The van der Waals surface area contributed by atoms with E-state index in [9.17, 15) is 10.1 Å². The summed E-state index contributed by atoms with van der Waals surface area (Å²) in [4.78, 5) is 11.3. The Morgan fingerprint density at radius 1 is 1.14 bits per heavy atom. The lowest BCUT2D eigenvalue weighted by molar-refractivity contribution is -0.479. The Morgan fingerprint density at radius 3 is 2.56 bits per heavy atom. The molecule has 0 aliphatic rings. The lowest BCUT2D eigenvalue weighted by atomic mass is 10.1. The highest BCUT2D eigenvalue weighted by Crippen LogP contribution is 2.43. The zero-order valence-electron chi connectivity index (χ0n) is 19.4. The number of hydrogen-bond donors (Lipinski definition) is 0. The van der Waals surface area contributed by atoms with Crippen LogP contribution in [0.4, 0.5) is 0 Å². The molecule has 0 radical (unpaired) electrons. The van der Waals surface area contributed by atoms with E-state index in [1.807, 2.05) is 66.1 Å². The van der Waals surface area contributed by atoms with Crippen LogP contribution in [0.5, 0.6) is 11.5 Å². The molecule has 1 atom stereocenters. The minimum Gasteiger partial charge on any atom is -0.493 e. The molecular formula is C25H22BrClN4O4S. The molecule has 0 bridgehead atoms. The third-order valence-corrected chi connectivity index (χ3v) is 7.46. The number of aryl methyl sites for hydroxylation is 1. The zero-order valence-corrected chi connectivity index (χ0v) is 22.6. The Labute approximate surface area is 225 Å². The Bertz CT molecular complexity index is 1370. The highest BCUT2D eigenvalue weighted by atomic mass is 79.9. The monoisotopic (exact) mass is 588 g/mol. The fraction of sp³-hybridized carbons (Fsp3) is 0.200. The third-order valence-electron chi connectivity index (χ3n) is 5.33. The SMILES string of the molecule is COc1cc([C@@H](C[N+](=O)[O-])Sc2nnc(C)n2-c2ccccc2)cc(Br)c1OCc1ccccc1Cl. The topological polar surface area (TPSA) is 92.3 Å². The van der Waals surface area contributed by atoms with E-state index in [1.54, 1.807) is 12.1 Å². The van der Waals surface area contributed by atoms with Crippen LogP contribution >= 0.6 is 39.3 Å². The number of nitro groups is 1. The number of rotatable bonds is 10. The van der Waals surface area contributed by atoms with Crippen molar-refractivity contribution in [1.29, 1.82) is 0 Å². The second-order valence-corrected chi connectivity index (χ2v) is 10.2. The van der Waals surface area contributed by atoms with Gasteiger partial charge in [0, 0.05) is 21.2 Å². The number of nitrogens with zero attached hydrogens (tertiary/aromatic N) is 4. The number of aromatic nitrogens is 3. The molecule has 8 nitrogen and oxygen atoms in total. The van der Waals surface area contributed by atoms with Crippen LogP contribution in [0.3, 0.4) is 0 Å². The molecule has 36 heavy (non-hydrogen) atoms. The summed E-state index contributed by atoms with van der Waals surface area (Å²) in [5, 5.41) is 20.7. The van der Waals surface area contributed by atoms with Gasteiger partial charge < -0.3 is 9.47 Å². The second-order valence-electron chi connectivity index (χ2n) is 7.74. The highest BCUT2D eigenvalue weighted by molar-refractivity contribution is 9.10. The molecule has 0 saturated heterocycles. The first kappa shape index (κ1) is 26.0. The zero-order chi connectivity index (χ0) is 25.7. The minimum atomic E-state index is -0.561. The molecule has 3 aromatic carbocycles. The van der Waals surface area contributed by atoms with Gasteiger partial charge in [-0.05, 0) is 58.7 Å². The van der Waals surface area contributed by atoms with Crippen molar-refractivity contribution < 1.29 is 14.4 Å². The van der Waals surface area contributed by atoms with Gasteiger partial charge in [0.15, 0.2) is 16.7 Å². The minimum absolute atomic E-state index is 0.237. The quantitative estimate of drug-likeness (QED) is 0.116. The molecule has 1 heterocycles. The van der Waals surface area contributed by atoms with Crippen molar-refractivity contribution in [3.8, 4) is 17.2 Å². The Kier molecular flexibility index (Phi) is 8.50. The van der Waals surface area contributed by atoms with Gasteiger partial charge in [-0.2, -0.15) is 0 Å². The van der Waals surface area contributed by atoms with Crippen molar-refractivity contribution in [3.63, 3.8) is 0 Å². The van der Waals surface area contributed by atoms with Crippen molar-refractivity contribution in [3.05, 3.63) is 103 Å². The first-order valence-corrected chi connectivity index (χ1v) is 12.9. The van der Waals surface area contributed by atoms with E-state index in [2.05, 4.69) is 26.1 Å². The molecular weight excluding hydrogens is 568 g/mol. The summed E-state index contributed by atoms with van der Waals surface area (Å²) in [6, 6.07) is 20.6. The van der Waals surface area contributed by atoms with Gasteiger partial charge in [0.25, 0.3) is 0 Å². The largest absolute Gasteiger partial charge is 0.493 e. The molecule has 0 saturated carbocycles. The van der Waals surface area contributed by atoms with Crippen molar-refractivity contribution in [1.82, 2.24) is 14.8 Å². The normalized spacial score (nSPS) is 11.8. The van der Waals surface area contributed by atoms with Crippen molar-refractivity contribution >= 4 is 39.3 Å². The maximum Gasteiger partial charge on any atom is 0.220 e. The summed E-state index contributed by atoms with van der Waals surface area (Å²) in [6.45, 7) is 1.76. The first-order valence-electron chi connectivity index (χ1n) is 10.9. The van der Waals surface area contributed by atoms with Gasteiger partial charge in [-0.15, -0.1) is 10.2 Å². The number of benzene rings is 3. The van der Waals surface area contributed by atoms with E-state index in [4.69, 9.17) is 21.1 Å². The first-order chi connectivity index (χ1) is 17.4. The molecule has 4 rings (SSSR count). The average molecular weight is 590 g/mol. The molecule has 0 aliphatic heterocycles. The molecule has 0 amide bonds. The van der Waals surface area contributed by atoms with E-state index in [1.165, 1.54) is 18.9 Å². The average Bonchev–Trinajstić information content (AvgIpc) is 3.23. The summed E-state index contributed by atoms with van der Waals surface area (Å²) in [5.41, 5.74) is 2.39. The lowest BCUT2D eigenvalue weighted by Crippen LogP contribution is -2.12. The molecule has 11 heteroatoms. The summed E-state index contributed by atoms with van der Waals surface area (Å²) >= 11 is 11.1. The lowest BCUT2D eigenvalue weighted by Gasteiger charge is -2.18. The number of thioether (sulfide) groups is 1. The molecule has 186 valence electrons. The van der Waals surface area contributed by atoms with Crippen LogP contribution in [0.15, 0.2) is 76.4 Å². The van der Waals surface area contributed by atoms with Crippen LogP contribution in [-0.4, -0.2) is 33.3 Å². The van der Waals surface area contributed by atoms with Crippen LogP contribution in [0.1, 0.15) is 22.2 Å². The fourth-order valence-corrected chi connectivity index (χ4v) is 5.52. The van der Waals surface area contributed by atoms with E-state index in [-0.39, 0.29) is 18.1 Å².